The molecule has 1 heteroatoms. The summed E-state index contributed by atoms with van der Waals surface area (Å²) in [6.45, 7) is 6.38. The maximum Gasteiger partial charge on any atom is 0.128 e. The van der Waals surface area contributed by atoms with Crippen LogP contribution in [0.1, 0.15) is 33.6 Å². The van der Waals surface area contributed by atoms with E-state index in [0.717, 1.165) is 18.6 Å². The lowest BCUT2D eigenvalue weighted by atomic mass is 10.0. The molecule has 1 aromatic rings. The maximum absolute atomic E-state index is 5.79. The van der Waals surface area contributed by atoms with Crippen LogP contribution in [0.15, 0.2) is 24.3 Å². The van der Waals surface area contributed by atoms with Gasteiger partial charge in [-0.25, -0.2) is 0 Å². The highest BCUT2D eigenvalue weighted by molar-refractivity contribution is 5.20. The molecule has 0 spiro atoms. The lowest BCUT2D eigenvalue weighted by Gasteiger charge is -2.25. The van der Waals surface area contributed by atoms with Gasteiger partial charge in [0, 0.05) is 6.07 Å². The molecule has 0 bridgehead atoms. The molecule has 1 radical (unpaired) electrons. The number of hydrogen-bond donors (Lipinski definition) is 0. The van der Waals surface area contributed by atoms with Crippen molar-refractivity contribution in [2.75, 3.05) is 0 Å². The zero-order chi connectivity index (χ0) is 9.73. The predicted molar refractivity (Wildman–Crippen MR) is 54.9 cm³/mol. The van der Waals surface area contributed by atoms with Crippen LogP contribution in [-0.2, 0) is 0 Å². The first-order valence-electron chi connectivity index (χ1n) is 4.80. The third-order valence-electron chi connectivity index (χ3n) is 1.92. The molecule has 0 unspecified atom stereocenters. The molecule has 1 rings (SSSR count). The maximum atomic E-state index is 5.79. The van der Waals surface area contributed by atoms with Crippen LogP contribution in [0, 0.1) is 6.07 Å². The molecule has 0 aliphatic rings. The molecule has 0 amide bonds. The Morgan fingerprint density at radius 2 is 2.15 bits per heavy atom. The van der Waals surface area contributed by atoms with Gasteiger partial charge in [0.15, 0.2) is 0 Å². The fraction of sp³-hybridized carbons (Fsp3) is 0.500. The number of benzene rings is 1. The van der Waals surface area contributed by atoms with Gasteiger partial charge in [0.2, 0.25) is 0 Å². The standard InChI is InChI=1S/C12H17O/c1-4-10-12(2,3)13-11-8-6-5-7-9-11/h5-8H,4,10H2,1-3H3. The quantitative estimate of drug-likeness (QED) is 0.684. The van der Waals surface area contributed by atoms with Crippen molar-refractivity contribution in [1.29, 1.82) is 0 Å². The first-order chi connectivity index (χ1) is 6.14. The molecule has 0 aliphatic carbocycles. The van der Waals surface area contributed by atoms with E-state index < -0.39 is 0 Å². The Balaban J connectivity index is 2.58. The van der Waals surface area contributed by atoms with Crippen molar-refractivity contribution in [1.82, 2.24) is 0 Å². The van der Waals surface area contributed by atoms with Gasteiger partial charge in [-0.1, -0.05) is 31.5 Å². The second kappa shape index (κ2) is 4.31. The molecule has 0 saturated carbocycles. The fourth-order valence-electron chi connectivity index (χ4n) is 1.39. The molecule has 1 aromatic carbocycles. The van der Waals surface area contributed by atoms with Gasteiger partial charge in [-0.15, -0.1) is 0 Å². The van der Waals surface area contributed by atoms with Crippen molar-refractivity contribution in [3.8, 4) is 5.75 Å². The molecule has 71 valence electrons. The van der Waals surface area contributed by atoms with Crippen molar-refractivity contribution < 1.29 is 4.74 Å². The summed E-state index contributed by atoms with van der Waals surface area (Å²) in [5.41, 5.74) is -0.0768. The first-order valence-corrected chi connectivity index (χ1v) is 4.80. The minimum absolute atomic E-state index is 0.0768. The molecular weight excluding hydrogens is 160 g/mol. The third kappa shape index (κ3) is 3.49. The highest BCUT2D eigenvalue weighted by Crippen LogP contribution is 2.20. The smallest absolute Gasteiger partial charge is 0.128 e. The Morgan fingerprint density at radius 1 is 1.38 bits per heavy atom. The van der Waals surface area contributed by atoms with Crippen LogP contribution >= 0.6 is 0 Å². The average Bonchev–Trinajstić information content (AvgIpc) is 2.04. The summed E-state index contributed by atoms with van der Waals surface area (Å²) in [4.78, 5) is 0. The van der Waals surface area contributed by atoms with Crippen LogP contribution in [0.25, 0.3) is 0 Å². The molecule has 0 fully saturated rings. The Morgan fingerprint density at radius 3 is 2.69 bits per heavy atom. The van der Waals surface area contributed by atoms with E-state index in [-0.39, 0.29) is 5.60 Å². The topological polar surface area (TPSA) is 9.23 Å². The lowest BCUT2D eigenvalue weighted by Crippen LogP contribution is -2.27. The summed E-state index contributed by atoms with van der Waals surface area (Å²) in [5, 5.41) is 0. The Labute approximate surface area is 80.7 Å². The van der Waals surface area contributed by atoms with Crippen molar-refractivity contribution in [2.45, 2.75) is 39.2 Å². The molecule has 0 aromatic heterocycles. The van der Waals surface area contributed by atoms with E-state index in [0.29, 0.717) is 0 Å². The molecule has 0 aliphatic heterocycles. The predicted octanol–water partition coefficient (Wildman–Crippen LogP) is 3.44. The summed E-state index contributed by atoms with van der Waals surface area (Å²) in [7, 11) is 0. The van der Waals surface area contributed by atoms with Gasteiger partial charge in [0.25, 0.3) is 0 Å². The van der Waals surface area contributed by atoms with Crippen molar-refractivity contribution in [2.24, 2.45) is 0 Å². The van der Waals surface area contributed by atoms with Crippen LogP contribution in [0.4, 0.5) is 0 Å². The molecule has 0 heterocycles. The normalized spacial score (nSPS) is 11.3. The number of hydrogen-bond acceptors (Lipinski definition) is 1. The first kappa shape index (κ1) is 10.1. The zero-order valence-electron chi connectivity index (χ0n) is 8.63. The molecule has 13 heavy (non-hydrogen) atoms. The zero-order valence-corrected chi connectivity index (χ0v) is 8.63. The van der Waals surface area contributed by atoms with E-state index in [2.05, 4.69) is 26.8 Å². The van der Waals surface area contributed by atoms with E-state index in [1.165, 1.54) is 0 Å². The van der Waals surface area contributed by atoms with Gasteiger partial charge < -0.3 is 4.74 Å². The highest BCUT2D eigenvalue weighted by atomic mass is 16.5. The summed E-state index contributed by atoms with van der Waals surface area (Å²) >= 11 is 0. The van der Waals surface area contributed by atoms with Gasteiger partial charge in [-0.3, -0.25) is 0 Å². The molecular formula is C12H17O. The lowest BCUT2D eigenvalue weighted by molar-refractivity contribution is 0.0982. The summed E-state index contributed by atoms with van der Waals surface area (Å²) < 4.78 is 5.79. The van der Waals surface area contributed by atoms with Crippen LogP contribution in [0.5, 0.6) is 5.75 Å². The van der Waals surface area contributed by atoms with Crippen molar-refractivity contribution >= 4 is 0 Å². The van der Waals surface area contributed by atoms with E-state index >= 15 is 0 Å². The number of rotatable bonds is 4. The Bertz CT molecular complexity index is 239. The second-order valence-corrected chi connectivity index (χ2v) is 3.84. The van der Waals surface area contributed by atoms with Gasteiger partial charge in [-0.2, -0.15) is 0 Å². The monoisotopic (exact) mass is 177 g/mol. The SMILES string of the molecule is CCCC(C)(C)Oc1[c]cccc1. The highest BCUT2D eigenvalue weighted by Gasteiger charge is 2.17. The van der Waals surface area contributed by atoms with E-state index in [1.807, 2.05) is 24.3 Å². The average molecular weight is 177 g/mol. The van der Waals surface area contributed by atoms with Gasteiger partial charge in [0.1, 0.15) is 11.4 Å². The molecule has 0 saturated heterocycles. The third-order valence-corrected chi connectivity index (χ3v) is 1.92. The molecule has 0 atom stereocenters. The minimum Gasteiger partial charge on any atom is -0.487 e. The molecule has 1 nitrogen and oxygen atoms in total. The minimum atomic E-state index is -0.0768. The molecule has 0 N–H and O–H groups in total. The summed E-state index contributed by atoms with van der Waals surface area (Å²) in [6, 6.07) is 10.8. The van der Waals surface area contributed by atoms with Crippen LogP contribution < -0.4 is 4.74 Å². The van der Waals surface area contributed by atoms with Crippen LogP contribution in [0.3, 0.4) is 0 Å². The van der Waals surface area contributed by atoms with Crippen molar-refractivity contribution in [3.05, 3.63) is 30.3 Å². The van der Waals surface area contributed by atoms with E-state index in [4.69, 9.17) is 4.74 Å². The van der Waals surface area contributed by atoms with Crippen molar-refractivity contribution in [3.63, 3.8) is 0 Å². The van der Waals surface area contributed by atoms with Gasteiger partial charge >= 0.3 is 0 Å². The summed E-state index contributed by atoms with van der Waals surface area (Å²) in [5.74, 6) is 0.834. The number of para-hydroxylation sites is 1. The van der Waals surface area contributed by atoms with Crippen LogP contribution in [0.2, 0.25) is 0 Å². The van der Waals surface area contributed by atoms with E-state index in [1.54, 1.807) is 0 Å². The van der Waals surface area contributed by atoms with Crippen LogP contribution in [-0.4, -0.2) is 5.60 Å². The van der Waals surface area contributed by atoms with Gasteiger partial charge in [0.05, 0.1) is 0 Å². The summed E-state index contributed by atoms with van der Waals surface area (Å²) in [6.07, 6.45) is 2.20. The van der Waals surface area contributed by atoms with Gasteiger partial charge in [-0.05, 0) is 26.3 Å². The van der Waals surface area contributed by atoms with E-state index in [9.17, 15) is 0 Å². The number of ether oxygens (including phenoxy) is 1. The Hall–Kier alpha value is -0.980. The Kier molecular flexibility index (Phi) is 3.35. The largest absolute Gasteiger partial charge is 0.487 e. The fourth-order valence-corrected chi connectivity index (χ4v) is 1.39. The second-order valence-electron chi connectivity index (χ2n) is 3.84.